The van der Waals surface area contributed by atoms with Crippen LogP contribution >= 0.6 is 0 Å². The van der Waals surface area contributed by atoms with Crippen molar-refractivity contribution in [3.63, 3.8) is 0 Å². The van der Waals surface area contributed by atoms with E-state index in [-0.39, 0.29) is 0 Å². The molecule has 22 heavy (non-hydrogen) atoms. The van der Waals surface area contributed by atoms with Crippen LogP contribution in [-0.2, 0) is 6.42 Å². The van der Waals surface area contributed by atoms with E-state index in [4.69, 9.17) is 0 Å². The summed E-state index contributed by atoms with van der Waals surface area (Å²) in [5, 5.41) is 3.76. The van der Waals surface area contributed by atoms with Crippen molar-refractivity contribution in [3.8, 4) is 11.1 Å². The van der Waals surface area contributed by atoms with Crippen LogP contribution in [0.15, 0.2) is 42.5 Å². The molecule has 2 nitrogen and oxygen atoms in total. The highest BCUT2D eigenvalue weighted by Crippen LogP contribution is 2.37. The zero-order chi connectivity index (χ0) is 14.9. The van der Waals surface area contributed by atoms with Crippen molar-refractivity contribution < 1.29 is 0 Å². The van der Waals surface area contributed by atoms with Crippen molar-refractivity contribution in [2.45, 2.75) is 32.2 Å². The molecule has 1 saturated heterocycles. The lowest BCUT2D eigenvalue weighted by Gasteiger charge is -2.32. The van der Waals surface area contributed by atoms with Crippen molar-refractivity contribution in [2.24, 2.45) is 0 Å². The Morgan fingerprint density at radius 1 is 1.00 bits per heavy atom. The summed E-state index contributed by atoms with van der Waals surface area (Å²) in [6.07, 6.45) is 3.59. The Morgan fingerprint density at radius 2 is 1.77 bits per heavy atom. The molecule has 2 aliphatic rings. The molecule has 1 aliphatic carbocycles. The zero-order valence-corrected chi connectivity index (χ0v) is 13.3. The SMILES string of the molecule is CCN1CCC(Nc2ccc3c(c2)Cc2ccccc2-3)CC1. The first kappa shape index (κ1) is 13.8. The van der Waals surface area contributed by atoms with Gasteiger partial charge in [-0.3, -0.25) is 0 Å². The maximum absolute atomic E-state index is 3.76. The molecule has 0 saturated carbocycles. The highest BCUT2D eigenvalue weighted by Gasteiger charge is 2.20. The first-order chi connectivity index (χ1) is 10.8. The van der Waals surface area contributed by atoms with Crippen LogP contribution in [0.3, 0.4) is 0 Å². The molecule has 0 radical (unpaired) electrons. The zero-order valence-electron chi connectivity index (χ0n) is 13.3. The molecule has 2 aromatic rings. The van der Waals surface area contributed by atoms with Crippen molar-refractivity contribution in [3.05, 3.63) is 53.6 Å². The third kappa shape index (κ3) is 2.52. The van der Waals surface area contributed by atoms with Gasteiger partial charge in [0, 0.05) is 24.8 Å². The van der Waals surface area contributed by atoms with E-state index in [2.05, 4.69) is 59.6 Å². The molecule has 0 bridgehead atoms. The molecular weight excluding hydrogens is 268 g/mol. The van der Waals surface area contributed by atoms with E-state index in [0.717, 1.165) is 6.42 Å². The molecule has 1 aliphatic heterocycles. The molecule has 0 amide bonds. The summed E-state index contributed by atoms with van der Waals surface area (Å²) >= 11 is 0. The second-order valence-corrected chi connectivity index (χ2v) is 6.56. The number of rotatable bonds is 3. The number of anilines is 1. The Kier molecular flexibility index (Phi) is 3.63. The molecule has 0 atom stereocenters. The minimum atomic E-state index is 0.629. The van der Waals surface area contributed by atoms with Gasteiger partial charge in [0.1, 0.15) is 0 Å². The summed E-state index contributed by atoms with van der Waals surface area (Å²) in [6.45, 7) is 5.89. The van der Waals surface area contributed by atoms with Gasteiger partial charge in [-0.1, -0.05) is 37.3 Å². The van der Waals surface area contributed by atoms with Crippen LogP contribution in [0.5, 0.6) is 0 Å². The fraction of sp³-hybridized carbons (Fsp3) is 0.400. The number of fused-ring (bicyclic) bond motifs is 3. The Bertz CT molecular complexity index is 669. The van der Waals surface area contributed by atoms with Gasteiger partial charge in [0.15, 0.2) is 0 Å². The minimum Gasteiger partial charge on any atom is -0.382 e. The summed E-state index contributed by atoms with van der Waals surface area (Å²) < 4.78 is 0. The van der Waals surface area contributed by atoms with Gasteiger partial charge in [-0.2, -0.15) is 0 Å². The topological polar surface area (TPSA) is 15.3 Å². The van der Waals surface area contributed by atoms with E-state index in [9.17, 15) is 0 Å². The van der Waals surface area contributed by atoms with Crippen molar-refractivity contribution in [1.29, 1.82) is 0 Å². The average Bonchev–Trinajstić information content (AvgIpc) is 2.93. The van der Waals surface area contributed by atoms with Crippen molar-refractivity contribution in [2.75, 3.05) is 25.0 Å². The monoisotopic (exact) mass is 292 g/mol. The third-order valence-electron chi connectivity index (χ3n) is 5.20. The summed E-state index contributed by atoms with van der Waals surface area (Å²) in [6, 6.07) is 16.3. The molecule has 1 fully saturated rings. The minimum absolute atomic E-state index is 0.629. The van der Waals surface area contributed by atoms with E-state index in [0.29, 0.717) is 6.04 Å². The summed E-state index contributed by atoms with van der Waals surface area (Å²) in [5.74, 6) is 0. The number of hydrogen-bond donors (Lipinski definition) is 1. The largest absolute Gasteiger partial charge is 0.382 e. The van der Waals surface area contributed by atoms with E-state index in [1.807, 2.05) is 0 Å². The summed E-state index contributed by atoms with van der Waals surface area (Å²) in [7, 11) is 0. The lowest BCUT2D eigenvalue weighted by Crippen LogP contribution is -2.38. The highest BCUT2D eigenvalue weighted by atomic mass is 15.1. The first-order valence-electron chi connectivity index (χ1n) is 8.53. The van der Waals surface area contributed by atoms with Crippen LogP contribution in [0.1, 0.15) is 30.9 Å². The molecule has 1 heterocycles. The van der Waals surface area contributed by atoms with E-state index >= 15 is 0 Å². The number of nitrogens with one attached hydrogen (secondary N) is 1. The van der Waals surface area contributed by atoms with E-state index in [1.165, 1.54) is 60.4 Å². The second-order valence-electron chi connectivity index (χ2n) is 6.56. The number of benzene rings is 2. The molecule has 0 aromatic heterocycles. The van der Waals surface area contributed by atoms with Gasteiger partial charge in [-0.15, -0.1) is 0 Å². The van der Waals surface area contributed by atoms with Gasteiger partial charge in [0.05, 0.1) is 0 Å². The molecule has 4 rings (SSSR count). The number of hydrogen-bond acceptors (Lipinski definition) is 2. The van der Waals surface area contributed by atoms with Gasteiger partial charge in [-0.05, 0) is 60.2 Å². The van der Waals surface area contributed by atoms with E-state index in [1.54, 1.807) is 0 Å². The maximum Gasteiger partial charge on any atom is 0.0345 e. The maximum atomic E-state index is 3.76. The van der Waals surface area contributed by atoms with Gasteiger partial charge in [0.25, 0.3) is 0 Å². The van der Waals surface area contributed by atoms with Gasteiger partial charge >= 0.3 is 0 Å². The fourth-order valence-electron chi connectivity index (χ4n) is 3.86. The normalized spacial score (nSPS) is 18.0. The van der Waals surface area contributed by atoms with Crippen molar-refractivity contribution in [1.82, 2.24) is 4.90 Å². The van der Waals surface area contributed by atoms with Gasteiger partial charge in [0.2, 0.25) is 0 Å². The fourth-order valence-corrected chi connectivity index (χ4v) is 3.86. The number of likely N-dealkylation sites (tertiary alicyclic amines) is 1. The molecular formula is C20H24N2. The Balaban J connectivity index is 1.48. The number of nitrogens with zero attached hydrogens (tertiary/aromatic N) is 1. The smallest absolute Gasteiger partial charge is 0.0345 e. The Labute approximate surface area is 133 Å². The van der Waals surface area contributed by atoms with Crippen LogP contribution in [0, 0.1) is 0 Å². The van der Waals surface area contributed by atoms with Crippen molar-refractivity contribution >= 4 is 5.69 Å². The molecule has 1 N–H and O–H groups in total. The van der Waals surface area contributed by atoms with E-state index < -0.39 is 0 Å². The van der Waals surface area contributed by atoms with Crippen LogP contribution in [0.4, 0.5) is 5.69 Å². The molecule has 0 spiro atoms. The second kappa shape index (κ2) is 5.77. The van der Waals surface area contributed by atoms with Gasteiger partial charge in [-0.25, -0.2) is 0 Å². The number of piperidine rings is 1. The van der Waals surface area contributed by atoms with Gasteiger partial charge < -0.3 is 10.2 Å². The van der Waals surface area contributed by atoms with Crippen LogP contribution < -0.4 is 5.32 Å². The molecule has 2 aromatic carbocycles. The van der Waals surface area contributed by atoms with Crippen LogP contribution in [-0.4, -0.2) is 30.6 Å². The quantitative estimate of drug-likeness (QED) is 0.780. The Hall–Kier alpha value is -1.80. The predicted octanol–water partition coefficient (Wildman–Crippen LogP) is 4.15. The Morgan fingerprint density at radius 3 is 2.59 bits per heavy atom. The predicted molar refractivity (Wildman–Crippen MR) is 93.4 cm³/mol. The standard InChI is InChI=1S/C20H24N2/c1-2-22-11-9-17(10-12-22)21-18-7-8-20-16(14-18)13-15-5-3-4-6-19(15)20/h3-8,14,17,21H,2,9-13H2,1H3. The third-order valence-corrected chi connectivity index (χ3v) is 5.20. The lowest BCUT2D eigenvalue weighted by molar-refractivity contribution is 0.229. The van der Waals surface area contributed by atoms with Crippen LogP contribution in [0.2, 0.25) is 0 Å². The molecule has 0 unspecified atom stereocenters. The lowest BCUT2D eigenvalue weighted by atomic mass is 10.0. The molecule has 114 valence electrons. The summed E-state index contributed by atoms with van der Waals surface area (Å²) in [5.41, 5.74) is 7.06. The van der Waals surface area contributed by atoms with Crippen LogP contribution in [0.25, 0.3) is 11.1 Å². The summed E-state index contributed by atoms with van der Waals surface area (Å²) in [4.78, 5) is 2.54. The average molecular weight is 292 g/mol. The highest BCUT2D eigenvalue weighted by molar-refractivity contribution is 5.78. The first-order valence-corrected chi connectivity index (χ1v) is 8.53. The molecule has 2 heteroatoms.